The molecule has 24 heavy (non-hydrogen) atoms. The molecular weight excluding hydrogens is 419 g/mol. The van der Waals surface area contributed by atoms with Gasteiger partial charge in [-0.15, -0.1) is 24.0 Å². The van der Waals surface area contributed by atoms with E-state index in [0.29, 0.717) is 23.5 Å². The fourth-order valence-corrected chi connectivity index (χ4v) is 3.29. The maximum atomic E-state index is 11.0. The van der Waals surface area contributed by atoms with Crippen LogP contribution in [0.1, 0.15) is 44.6 Å². The Kier molecular flexibility index (Phi) is 8.44. The van der Waals surface area contributed by atoms with Crippen LogP contribution in [0.25, 0.3) is 0 Å². The van der Waals surface area contributed by atoms with Crippen molar-refractivity contribution < 1.29 is 4.92 Å². The minimum Gasteiger partial charge on any atom is -0.356 e. The number of guanidine groups is 1. The Balaban J connectivity index is 0.00000288. The van der Waals surface area contributed by atoms with Crippen molar-refractivity contribution in [3.05, 3.63) is 39.9 Å². The molecule has 6 nitrogen and oxygen atoms in total. The molecule has 0 atom stereocenters. The number of nitrogens with one attached hydrogen (secondary N) is 2. The number of benzene rings is 1. The van der Waals surface area contributed by atoms with Gasteiger partial charge in [-0.05, 0) is 24.7 Å². The van der Waals surface area contributed by atoms with Crippen molar-refractivity contribution >= 4 is 35.6 Å². The van der Waals surface area contributed by atoms with Crippen LogP contribution in [-0.2, 0) is 6.54 Å². The summed E-state index contributed by atoms with van der Waals surface area (Å²) in [6.07, 6.45) is 6.30. The normalized spacial score (nSPS) is 16.3. The fourth-order valence-electron chi connectivity index (χ4n) is 3.29. The number of hydrogen-bond acceptors (Lipinski definition) is 3. The van der Waals surface area contributed by atoms with Crippen molar-refractivity contribution in [2.24, 2.45) is 10.4 Å². The molecule has 0 heterocycles. The Morgan fingerprint density at radius 3 is 2.54 bits per heavy atom. The Bertz CT molecular complexity index is 571. The molecule has 2 N–H and O–H groups in total. The number of nitrogens with zero attached hydrogens (tertiary/aromatic N) is 2. The summed E-state index contributed by atoms with van der Waals surface area (Å²) in [5, 5.41) is 17.6. The molecule has 2 rings (SSSR count). The number of para-hydroxylation sites is 1. The Morgan fingerprint density at radius 1 is 1.29 bits per heavy atom. The second kappa shape index (κ2) is 9.80. The smallest absolute Gasteiger partial charge is 0.274 e. The molecule has 1 aromatic carbocycles. The summed E-state index contributed by atoms with van der Waals surface area (Å²) in [5.41, 5.74) is 1.17. The fraction of sp³-hybridized carbons (Fsp3) is 0.588. The molecule has 1 aromatic rings. The van der Waals surface area contributed by atoms with Gasteiger partial charge in [0, 0.05) is 31.8 Å². The first-order chi connectivity index (χ1) is 11.1. The molecule has 0 saturated heterocycles. The van der Waals surface area contributed by atoms with E-state index in [4.69, 9.17) is 0 Å². The molecule has 0 radical (unpaired) electrons. The van der Waals surface area contributed by atoms with E-state index < -0.39 is 0 Å². The standard InChI is InChI=1S/C17H26N4O2.HI/c1-3-17(10-6-7-11-17)13-20-16(18-2)19-12-14-8-4-5-9-15(14)21(22)23;/h4-5,8-9H,3,6-7,10-13H2,1-2H3,(H2,18,19,20);1H. The lowest BCUT2D eigenvalue weighted by atomic mass is 9.83. The van der Waals surface area contributed by atoms with Gasteiger partial charge >= 0.3 is 0 Å². The second-order valence-electron chi connectivity index (χ2n) is 6.23. The molecule has 0 aromatic heterocycles. The molecule has 7 heteroatoms. The van der Waals surface area contributed by atoms with Crippen LogP contribution < -0.4 is 10.6 Å². The molecule has 1 fully saturated rings. The molecule has 0 unspecified atom stereocenters. The van der Waals surface area contributed by atoms with Gasteiger partial charge in [-0.1, -0.05) is 38.0 Å². The summed E-state index contributed by atoms with van der Waals surface area (Å²) in [6, 6.07) is 6.78. The summed E-state index contributed by atoms with van der Waals surface area (Å²) in [4.78, 5) is 14.9. The molecule has 0 spiro atoms. The zero-order valence-corrected chi connectivity index (χ0v) is 16.7. The van der Waals surface area contributed by atoms with Crippen LogP contribution in [0.5, 0.6) is 0 Å². The topological polar surface area (TPSA) is 79.6 Å². The molecule has 0 amide bonds. The van der Waals surface area contributed by atoms with Gasteiger partial charge in [0.15, 0.2) is 5.96 Å². The number of nitro groups is 1. The minimum absolute atomic E-state index is 0. The van der Waals surface area contributed by atoms with Crippen molar-refractivity contribution in [1.29, 1.82) is 0 Å². The molecule has 1 aliphatic carbocycles. The van der Waals surface area contributed by atoms with Gasteiger partial charge in [0.1, 0.15) is 0 Å². The number of hydrogen-bond donors (Lipinski definition) is 2. The van der Waals surface area contributed by atoms with E-state index in [-0.39, 0.29) is 34.6 Å². The van der Waals surface area contributed by atoms with Gasteiger partial charge in [-0.25, -0.2) is 0 Å². The summed E-state index contributed by atoms with van der Waals surface area (Å²) >= 11 is 0. The predicted octanol–water partition coefficient (Wildman–Crippen LogP) is 3.85. The highest BCUT2D eigenvalue weighted by atomic mass is 127. The third-order valence-electron chi connectivity index (χ3n) is 4.90. The van der Waals surface area contributed by atoms with Gasteiger partial charge < -0.3 is 10.6 Å². The van der Waals surface area contributed by atoms with Gasteiger partial charge in [-0.2, -0.15) is 0 Å². The zero-order chi connectivity index (χ0) is 16.7. The van der Waals surface area contributed by atoms with E-state index in [1.54, 1.807) is 19.2 Å². The van der Waals surface area contributed by atoms with E-state index in [1.165, 1.54) is 38.2 Å². The van der Waals surface area contributed by atoms with Crippen LogP contribution in [0.15, 0.2) is 29.3 Å². The first-order valence-electron chi connectivity index (χ1n) is 8.27. The first-order valence-corrected chi connectivity index (χ1v) is 8.27. The van der Waals surface area contributed by atoms with Gasteiger partial charge in [-0.3, -0.25) is 15.1 Å². The Hall–Kier alpha value is -1.38. The van der Waals surface area contributed by atoms with Crippen molar-refractivity contribution in [3.8, 4) is 0 Å². The van der Waals surface area contributed by atoms with Crippen LogP contribution in [-0.4, -0.2) is 24.5 Å². The lowest BCUT2D eigenvalue weighted by Gasteiger charge is -2.28. The number of nitro benzene ring substituents is 1. The molecule has 0 bridgehead atoms. The summed E-state index contributed by atoms with van der Waals surface area (Å²) in [7, 11) is 1.72. The molecule has 1 aliphatic rings. The second-order valence-corrected chi connectivity index (χ2v) is 6.23. The van der Waals surface area contributed by atoms with Gasteiger partial charge in [0.2, 0.25) is 0 Å². The summed E-state index contributed by atoms with van der Waals surface area (Å²) in [5.74, 6) is 0.697. The van der Waals surface area contributed by atoms with E-state index >= 15 is 0 Å². The van der Waals surface area contributed by atoms with Crippen molar-refractivity contribution in [3.63, 3.8) is 0 Å². The van der Waals surface area contributed by atoms with Crippen LogP contribution in [0.2, 0.25) is 0 Å². The largest absolute Gasteiger partial charge is 0.356 e. The van der Waals surface area contributed by atoms with Crippen molar-refractivity contribution in [2.75, 3.05) is 13.6 Å². The van der Waals surface area contributed by atoms with Crippen LogP contribution in [0.4, 0.5) is 5.69 Å². The maximum absolute atomic E-state index is 11.0. The lowest BCUT2D eigenvalue weighted by molar-refractivity contribution is -0.385. The molecular formula is C17H27IN4O2. The average Bonchev–Trinajstić information content (AvgIpc) is 3.04. The highest BCUT2D eigenvalue weighted by molar-refractivity contribution is 14.0. The highest BCUT2D eigenvalue weighted by Gasteiger charge is 2.31. The van der Waals surface area contributed by atoms with E-state index in [0.717, 1.165) is 6.54 Å². The van der Waals surface area contributed by atoms with E-state index in [1.807, 2.05) is 6.07 Å². The third-order valence-corrected chi connectivity index (χ3v) is 4.90. The third kappa shape index (κ3) is 5.32. The Morgan fingerprint density at radius 2 is 1.96 bits per heavy atom. The van der Waals surface area contributed by atoms with Gasteiger partial charge in [0.25, 0.3) is 5.69 Å². The average molecular weight is 446 g/mol. The first kappa shape index (κ1) is 20.7. The van der Waals surface area contributed by atoms with Crippen molar-refractivity contribution in [2.45, 2.75) is 45.6 Å². The molecule has 134 valence electrons. The highest BCUT2D eigenvalue weighted by Crippen LogP contribution is 2.40. The van der Waals surface area contributed by atoms with Gasteiger partial charge in [0.05, 0.1) is 4.92 Å². The van der Waals surface area contributed by atoms with E-state index in [2.05, 4.69) is 22.5 Å². The van der Waals surface area contributed by atoms with Crippen molar-refractivity contribution in [1.82, 2.24) is 10.6 Å². The lowest BCUT2D eigenvalue weighted by Crippen LogP contribution is -2.42. The van der Waals surface area contributed by atoms with Crippen LogP contribution in [0, 0.1) is 15.5 Å². The summed E-state index contributed by atoms with van der Waals surface area (Å²) < 4.78 is 0. The SMILES string of the molecule is CCC1(CNC(=NC)NCc2ccccc2[N+](=O)[O-])CCCC1.I. The van der Waals surface area contributed by atoms with Crippen LogP contribution in [0.3, 0.4) is 0 Å². The predicted molar refractivity (Wildman–Crippen MR) is 108 cm³/mol. The number of aliphatic imine (C=N–C) groups is 1. The zero-order valence-electron chi connectivity index (χ0n) is 14.4. The number of rotatable bonds is 6. The number of halogens is 1. The maximum Gasteiger partial charge on any atom is 0.274 e. The minimum atomic E-state index is -0.349. The molecule has 0 aliphatic heterocycles. The quantitative estimate of drug-likeness (QED) is 0.229. The van der Waals surface area contributed by atoms with E-state index in [9.17, 15) is 10.1 Å². The Labute approximate surface area is 160 Å². The monoisotopic (exact) mass is 446 g/mol. The van der Waals surface area contributed by atoms with Crippen LogP contribution >= 0.6 is 24.0 Å². The summed E-state index contributed by atoms with van der Waals surface area (Å²) in [6.45, 7) is 3.53. The molecule has 1 saturated carbocycles.